The van der Waals surface area contributed by atoms with Gasteiger partial charge in [0, 0.05) is 31.8 Å². The van der Waals surface area contributed by atoms with Crippen LogP contribution in [0.15, 0.2) is 0 Å². The fraction of sp³-hybridized carbons (Fsp3) is 1.00. The van der Waals surface area contributed by atoms with E-state index in [1.807, 2.05) is 0 Å². The lowest BCUT2D eigenvalue weighted by Gasteiger charge is -2.18. The van der Waals surface area contributed by atoms with E-state index in [1.165, 1.54) is 38.6 Å². The Balaban J connectivity index is 1.62. The summed E-state index contributed by atoms with van der Waals surface area (Å²) in [5, 5.41) is 7.18. The average molecular weight is 198 g/mol. The first-order valence-electron chi connectivity index (χ1n) is 5.99. The van der Waals surface area contributed by atoms with Crippen LogP contribution in [0.3, 0.4) is 0 Å². The zero-order chi connectivity index (χ0) is 9.64. The highest BCUT2D eigenvalue weighted by atomic mass is 16.5. The van der Waals surface area contributed by atoms with Crippen molar-refractivity contribution in [3.8, 4) is 0 Å². The maximum atomic E-state index is 5.44. The molecule has 0 bridgehead atoms. The maximum absolute atomic E-state index is 5.44. The molecule has 0 radical (unpaired) electrons. The van der Waals surface area contributed by atoms with Gasteiger partial charge in [-0.15, -0.1) is 0 Å². The zero-order valence-electron chi connectivity index (χ0n) is 8.93. The molecule has 3 nitrogen and oxygen atoms in total. The Hall–Kier alpha value is -0.120. The van der Waals surface area contributed by atoms with E-state index in [1.54, 1.807) is 0 Å². The van der Waals surface area contributed by atoms with Crippen LogP contribution in [0, 0.1) is 0 Å². The van der Waals surface area contributed by atoms with E-state index < -0.39 is 0 Å². The van der Waals surface area contributed by atoms with Gasteiger partial charge in [-0.2, -0.15) is 0 Å². The second-order valence-electron chi connectivity index (χ2n) is 4.44. The van der Waals surface area contributed by atoms with Crippen molar-refractivity contribution in [1.82, 2.24) is 10.6 Å². The number of hydrogen-bond acceptors (Lipinski definition) is 3. The Kier molecular flexibility index (Phi) is 4.22. The molecular weight excluding hydrogens is 176 g/mol. The fourth-order valence-electron chi connectivity index (χ4n) is 2.35. The molecule has 14 heavy (non-hydrogen) atoms. The molecule has 0 aromatic rings. The summed E-state index contributed by atoms with van der Waals surface area (Å²) < 4.78 is 5.44. The molecule has 0 aromatic carbocycles. The minimum absolute atomic E-state index is 0.694. The average Bonchev–Trinajstić information content (AvgIpc) is 2.58. The number of rotatable bonds is 3. The summed E-state index contributed by atoms with van der Waals surface area (Å²) in [6.45, 7) is 4.25. The molecular formula is C11H22N2O. The minimum Gasteiger partial charge on any atom is -0.381 e. The van der Waals surface area contributed by atoms with Crippen molar-refractivity contribution in [3.05, 3.63) is 0 Å². The molecule has 2 saturated heterocycles. The van der Waals surface area contributed by atoms with Crippen LogP contribution in [0.4, 0.5) is 0 Å². The van der Waals surface area contributed by atoms with Crippen LogP contribution in [0.1, 0.15) is 32.1 Å². The Morgan fingerprint density at radius 3 is 3.00 bits per heavy atom. The molecule has 2 N–H and O–H groups in total. The first kappa shape index (κ1) is 10.4. The summed E-state index contributed by atoms with van der Waals surface area (Å²) in [5.41, 5.74) is 0. The molecule has 0 saturated carbocycles. The zero-order valence-corrected chi connectivity index (χ0v) is 8.93. The first-order chi connectivity index (χ1) is 6.95. The van der Waals surface area contributed by atoms with Crippen LogP contribution >= 0.6 is 0 Å². The summed E-state index contributed by atoms with van der Waals surface area (Å²) in [4.78, 5) is 0. The lowest BCUT2D eigenvalue weighted by Crippen LogP contribution is -2.39. The molecule has 2 aliphatic heterocycles. The van der Waals surface area contributed by atoms with Crippen molar-refractivity contribution in [2.45, 2.75) is 44.2 Å². The van der Waals surface area contributed by atoms with Crippen LogP contribution in [-0.4, -0.2) is 38.4 Å². The van der Waals surface area contributed by atoms with E-state index >= 15 is 0 Å². The predicted molar refractivity (Wildman–Crippen MR) is 57.5 cm³/mol. The highest BCUT2D eigenvalue weighted by Crippen LogP contribution is 2.09. The van der Waals surface area contributed by atoms with Gasteiger partial charge >= 0.3 is 0 Å². The van der Waals surface area contributed by atoms with E-state index in [0.29, 0.717) is 6.04 Å². The summed E-state index contributed by atoms with van der Waals surface area (Å²) in [7, 11) is 0. The van der Waals surface area contributed by atoms with Crippen molar-refractivity contribution in [2.24, 2.45) is 0 Å². The minimum atomic E-state index is 0.694. The molecule has 82 valence electrons. The Morgan fingerprint density at radius 2 is 2.14 bits per heavy atom. The summed E-state index contributed by atoms with van der Waals surface area (Å²) in [5.74, 6) is 0. The Bertz CT molecular complexity index is 149. The summed E-state index contributed by atoms with van der Waals surface area (Å²) in [6.07, 6.45) is 6.38. The third kappa shape index (κ3) is 3.23. The Labute approximate surface area is 86.6 Å². The predicted octanol–water partition coefficient (Wildman–Crippen LogP) is 0.897. The first-order valence-corrected chi connectivity index (χ1v) is 5.99. The van der Waals surface area contributed by atoms with Gasteiger partial charge in [0.15, 0.2) is 0 Å². The van der Waals surface area contributed by atoms with Gasteiger partial charge < -0.3 is 15.4 Å². The van der Waals surface area contributed by atoms with E-state index in [0.717, 1.165) is 25.8 Å². The molecule has 2 atom stereocenters. The highest BCUT2D eigenvalue weighted by molar-refractivity contribution is 4.79. The van der Waals surface area contributed by atoms with E-state index in [-0.39, 0.29) is 0 Å². The highest BCUT2D eigenvalue weighted by Gasteiger charge is 2.16. The molecule has 0 spiro atoms. The van der Waals surface area contributed by atoms with Crippen LogP contribution in [0.2, 0.25) is 0 Å². The quantitative estimate of drug-likeness (QED) is 0.707. The van der Waals surface area contributed by atoms with Gasteiger partial charge in [0.2, 0.25) is 0 Å². The van der Waals surface area contributed by atoms with Crippen molar-refractivity contribution in [1.29, 1.82) is 0 Å². The van der Waals surface area contributed by atoms with Crippen molar-refractivity contribution in [3.63, 3.8) is 0 Å². The normalized spacial score (nSPS) is 34.3. The van der Waals surface area contributed by atoms with Gasteiger partial charge in [-0.3, -0.25) is 0 Å². The van der Waals surface area contributed by atoms with Crippen molar-refractivity contribution >= 4 is 0 Å². The summed E-state index contributed by atoms with van der Waals surface area (Å²) in [6, 6.07) is 1.42. The van der Waals surface area contributed by atoms with Crippen molar-refractivity contribution < 1.29 is 4.74 Å². The third-order valence-corrected chi connectivity index (χ3v) is 3.27. The molecule has 2 rings (SSSR count). The van der Waals surface area contributed by atoms with Crippen molar-refractivity contribution in [2.75, 3.05) is 26.3 Å². The third-order valence-electron chi connectivity index (χ3n) is 3.27. The molecule has 0 aliphatic carbocycles. The standard InChI is InChI=1S/C11H22N2O/c1-3-11(12-6-1)9-13-10-4-2-7-14-8-5-10/h10-13H,1-9H2. The van der Waals surface area contributed by atoms with Gasteiger partial charge in [-0.05, 0) is 38.6 Å². The van der Waals surface area contributed by atoms with E-state index in [2.05, 4.69) is 10.6 Å². The number of nitrogens with one attached hydrogen (secondary N) is 2. The van der Waals surface area contributed by atoms with Gasteiger partial charge in [0.25, 0.3) is 0 Å². The fourth-order valence-corrected chi connectivity index (χ4v) is 2.35. The van der Waals surface area contributed by atoms with E-state index in [9.17, 15) is 0 Å². The lowest BCUT2D eigenvalue weighted by molar-refractivity contribution is 0.142. The molecule has 3 heteroatoms. The molecule has 0 amide bonds. The monoisotopic (exact) mass is 198 g/mol. The molecule has 0 aromatic heterocycles. The number of ether oxygens (including phenoxy) is 1. The Morgan fingerprint density at radius 1 is 1.14 bits per heavy atom. The molecule has 2 heterocycles. The largest absolute Gasteiger partial charge is 0.381 e. The van der Waals surface area contributed by atoms with Crippen LogP contribution in [-0.2, 0) is 4.74 Å². The maximum Gasteiger partial charge on any atom is 0.0480 e. The van der Waals surface area contributed by atoms with Crippen LogP contribution < -0.4 is 10.6 Å². The van der Waals surface area contributed by atoms with Gasteiger partial charge in [0.1, 0.15) is 0 Å². The second-order valence-corrected chi connectivity index (χ2v) is 4.44. The molecule has 2 unspecified atom stereocenters. The van der Waals surface area contributed by atoms with Gasteiger partial charge in [-0.25, -0.2) is 0 Å². The topological polar surface area (TPSA) is 33.3 Å². The van der Waals surface area contributed by atoms with Gasteiger partial charge in [-0.1, -0.05) is 0 Å². The number of hydrogen-bond donors (Lipinski definition) is 2. The molecule has 2 aliphatic rings. The molecule has 2 fully saturated rings. The SMILES string of the molecule is C1COCCC(NCC2CCCN2)C1. The van der Waals surface area contributed by atoms with E-state index in [4.69, 9.17) is 4.74 Å². The summed E-state index contributed by atoms with van der Waals surface area (Å²) >= 11 is 0. The second kappa shape index (κ2) is 5.69. The van der Waals surface area contributed by atoms with Crippen LogP contribution in [0.25, 0.3) is 0 Å². The smallest absolute Gasteiger partial charge is 0.0480 e. The van der Waals surface area contributed by atoms with Crippen LogP contribution in [0.5, 0.6) is 0 Å². The lowest BCUT2D eigenvalue weighted by atomic mass is 10.1. The van der Waals surface area contributed by atoms with Gasteiger partial charge in [0.05, 0.1) is 0 Å².